The Labute approximate surface area is 130 Å². The van der Waals surface area contributed by atoms with Crippen LogP contribution in [-0.4, -0.2) is 18.6 Å². The van der Waals surface area contributed by atoms with E-state index >= 15 is 0 Å². The van der Waals surface area contributed by atoms with E-state index in [1.54, 1.807) is 26.8 Å². The SMILES string of the molecule is CCC(CC)(CCC=CC(F)(F)C(C)(C)C)COC(C)C. The van der Waals surface area contributed by atoms with Crippen LogP contribution in [0.1, 0.15) is 74.1 Å². The van der Waals surface area contributed by atoms with Crippen molar-refractivity contribution in [2.45, 2.75) is 86.2 Å². The third-order valence-corrected chi connectivity index (χ3v) is 4.39. The first-order chi connectivity index (χ1) is 9.49. The van der Waals surface area contributed by atoms with Crippen LogP contribution in [0.5, 0.6) is 0 Å². The molecule has 0 heterocycles. The fraction of sp³-hybridized carbons (Fsp3) is 0.889. The van der Waals surface area contributed by atoms with Crippen LogP contribution in [0.25, 0.3) is 0 Å². The van der Waals surface area contributed by atoms with Gasteiger partial charge in [0.25, 0.3) is 5.92 Å². The summed E-state index contributed by atoms with van der Waals surface area (Å²) in [5.74, 6) is -2.76. The molecule has 0 aliphatic carbocycles. The first-order valence-electron chi connectivity index (χ1n) is 8.17. The van der Waals surface area contributed by atoms with Crippen molar-refractivity contribution in [1.82, 2.24) is 0 Å². The van der Waals surface area contributed by atoms with Crippen LogP contribution < -0.4 is 0 Å². The molecule has 0 rings (SSSR count). The minimum Gasteiger partial charge on any atom is -0.378 e. The van der Waals surface area contributed by atoms with Crippen LogP contribution in [0, 0.1) is 10.8 Å². The predicted molar refractivity (Wildman–Crippen MR) is 86.9 cm³/mol. The highest BCUT2D eigenvalue weighted by Gasteiger charge is 2.40. The summed E-state index contributed by atoms with van der Waals surface area (Å²) in [6.45, 7) is 13.8. The zero-order chi connectivity index (χ0) is 16.7. The van der Waals surface area contributed by atoms with E-state index < -0.39 is 11.3 Å². The van der Waals surface area contributed by atoms with Crippen LogP contribution in [0.15, 0.2) is 12.2 Å². The Balaban J connectivity index is 4.57. The monoisotopic (exact) mass is 304 g/mol. The summed E-state index contributed by atoms with van der Waals surface area (Å²) < 4.78 is 33.5. The molecule has 0 aliphatic heterocycles. The van der Waals surface area contributed by atoms with Crippen molar-refractivity contribution in [3.63, 3.8) is 0 Å². The molecule has 1 nitrogen and oxygen atoms in total. The molecule has 3 heteroatoms. The first-order valence-corrected chi connectivity index (χ1v) is 8.17. The number of alkyl halides is 2. The molecule has 0 radical (unpaired) electrons. The maximum atomic E-state index is 13.9. The van der Waals surface area contributed by atoms with Crippen LogP contribution in [0.2, 0.25) is 0 Å². The molecule has 21 heavy (non-hydrogen) atoms. The average Bonchev–Trinajstić information content (AvgIpc) is 2.37. The standard InChI is InChI=1S/C18H34F2O/c1-8-17(9-2,14-21-15(3)4)12-10-11-13-18(19,20)16(5,6)7/h11,13,15H,8-10,12,14H2,1-7H3. The fourth-order valence-corrected chi connectivity index (χ4v) is 2.09. The van der Waals surface area contributed by atoms with Gasteiger partial charge in [-0.05, 0) is 51.0 Å². The molecular formula is C18H34F2O. The highest BCUT2D eigenvalue weighted by atomic mass is 19.3. The maximum absolute atomic E-state index is 13.9. The van der Waals surface area contributed by atoms with Gasteiger partial charge in [0.05, 0.1) is 12.7 Å². The van der Waals surface area contributed by atoms with Gasteiger partial charge in [0.2, 0.25) is 0 Å². The minimum absolute atomic E-state index is 0.103. The Morgan fingerprint density at radius 3 is 1.95 bits per heavy atom. The fourth-order valence-electron chi connectivity index (χ4n) is 2.09. The molecule has 0 aromatic carbocycles. The number of ether oxygens (including phenoxy) is 1. The number of hydrogen-bond donors (Lipinski definition) is 0. The minimum atomic E-state index is -2.76. The van der Waals surface area contributed by atoms with Crippen molar-refractivity contribution in [2.75, 3.05) is 6.61 Å². The van der Waals surface area contributed by atoms with Crippen molar-refractivity contribution in [3.8, 4) is 0 Å². The number of rotatable bonds is 9. The highest BCUT2D eigenvalue weighted by molar-refractivity contribution is 5.01. The van der Waals surface area contributed by atoms with Crippen molar-refractivity contribution in [1.29, 1.82) is 0 Å². The smallest absolute Gasteiger partial charge is 0.271 e. The Kier molecular flexibility index (Phi) is 8.09. The van der Waals surface area contributed by atoms with E-state index in [0.717, 1.165) is 25.3 Å². The lowest BCUT2D eigenvalue weighted by molar-refractivity contribution is -0.0503. The number of halogens is 2. The molecule has 0 saturated heterocycles. The predicted octanol–water partition coefficient (Wildman–Crippen LogP) is 6.24. The lowest BCUT2D eigenvalue weighted by atomic mass is 9.78. The molecule has 0 fully saturated rings. The van der Waals surface area contributed by atoms with Crippen LogP contribution in [0.4, 0.5) is 8.78 Å². The van der Waals surface area contributed by atoms with E-state index in [9.17, 15) is 8.78 Å². The van der Waals surface area contributed by atoms with Crippen molar-refractivity contribution in [2.24, 2.45) is 10.8 Å². The third-order valence-electron chi connectivity index (χ3n) is 4.39. The van der Waals surface area contributed by atoms with Gasteiger partial charge in [0.1, 0.15) is 0 Å². The molecule has 0 aliphatic rings. The second-order valence-electron chi connectivity index (χ2n) is 7.38. The molecule has 0 atom stereocenters. The van der Waals surface area contributed by atoms with Crippen molar-refractivity contribution >= 4 is 0 Å². The van der Waals surface area contributed by atoms with Crippen LogP contribution >= 0.6 is 0 Å². The van der Waals surface area contributed by atoms with Gasteiger partial charge in [-0.1, -0.05) is 40.7 Å². The normalized spacial score (nSPS) is 14.4. The molecule has 0 amide bonds. The van der Waals surface area contributed by atoms with Gasteiger partial charge in [-0.15, -0.1) is 0 Å². The lowest BCUT2D eigenvalue weighted by Crippen LogP contribution is -2.31. The van der Waals surface area contributed by atoms with E-state index in [2.05, 4.69) is 13.8 Å². The van der Waals surface area contributed by atoms with E-state index in [0.29, 0.717) is 13.0 Å². The summed E-state index contributed by atoms with van der Waals surface area (Å²) in [5.41, 5.74) is -0.928. The van der Waals surface area contributed by atoms with E-state index in [4.69, 9.17) is 4.74 Å². The molecule has 0 aromatic rings. The van der Waals surface area contributed by atoms with Gasteiger partial charge in [-0.2, -0.15) is 0 Å². The summed E-state index contributed by atoms with van der Waals surface area (Å²) in [7, 11) is 0. The summed E-state index contributed by atoms with van der Waals surface area (Å²) in [4.78, 5) is 0. The molecule has 0 N–H and O–H groups in total. The van der Waals surface area contributed by atoms with Gasteiger partial charge in [0, 0.05) is 5.41 Å². The van der Waals surface area contributed by atoms with E-state index in [-0.39, 0.29) is 11.5 Å². The molecule has 0 unspecified atom stereocenters. The average molecular weight is 304 g/mol. The molecule has 0 saturated carbocycles. The third kappa shape index (κ3) is 6.90. The quantitative estimate of drug-likeness (QED) is 0.458. The zero-order valence-corrected chi connectivity index (χ0v) is 14.9. The van der Waals surface area contributed by atoms with Gasteiger partial charge < -0.3 is 4.74 Å². The largest absolute Gasteiger partial charge is 0.378 e. The second kappa shape index (κ2) is 8.26. The Bertz CT molecular complexity index is 310. The molecule has 126 valence electrons. The topological polar surface area (TPSA) is 9.23 Å². The van der Waals surface area contributed by atoms with Crippen molar-refractivity contribution in [3.05, 3.63) is 12.2 Å². The van der Waals surface area contributed by atoms with Crippen LogP contribution in [-0.2, 0) is 4.74 Å². The molecule has 0 spiro atoms. The Morgan fingerprint density at radius 2 is 1.57 bits per heavy atom. The summed E-state index contributed by atoms with van der Waals surface area (Å²) in [6.07, 6.45) is 6.52. The summed E-state index contributed by atoms with van der Waals surface area (Å²) >= 11 is 0. The maximum Gasteiger partial charge on any atom is 0.271 e. The Morgan fingerprint density at radius 1 is 1.05 bits per heavy atom. The molecular weight excluding hydrogens is 270 g/mol. The highest BCUT2D eigenvalue weighted by Crippen LogP contribution is 2.37. The number of hydrogen-bond acceptors (Lipinski definition) is 1. The van der Waals surface area contributed by atoms with Gasteiger partial charge in [0.15, 0.2) is 0 Å². The first kappa shape index (κ1) is 20.6. The summed E-state index contributed by atoms with van der Waals surface area (Å²) in [5, 5.41) is 0. The zero-order valence-electron chi connectivity index (χ0n) is 14.9. The second-order valence-corrected chi connectivity index (χ2v) is 7.38. The van der Waals surface area contributed by atoms with E-state index in [1.807, 2.05) is 13.8 Å². The molecule has 0 bridgehead atoms. The molecule has 0 aromatic heterocycles. The van der Waals surface area contributed by atoms with E-state index in [1.165, 1.54) is 0 Å². The lowest BCUT2D eigenvalue weighted by Gasteiger charge is -2.32. The number of allylic oxidation sites excluding steroid dienone is 2. The summed E-state index contributed by atoms with van der Waals surface area (Å²) in [6, 6.07) is 0. The van der Waals surface area contributed by atoms with Gasteiger partial charge in [-0.25, -0.2) is 8.78 Å². The van der Waals surface area contributed by atoms with Gasteiger partial charge in [-0.3, -0.25) is 0 Å². The Hall–Kier alpha value is -0.440. The van der Waals surface area contributed by atoms with Gasteiger partial charge >= 0.3 is 0 Å². The van der Waals surface area contributed by atoms with Crippen LogP contribution in [0.3, 0.4) is 0 Å². The van der Waals surface area contributed by atoms with Crippen molar-refractivity contribution < 1.29 is 13.5 Å².